The van der Waals surface area contributed by atoms with Crippen LogP contribution in [0.15, 0.2) is 30.5 Å². The summed E-state index contributed by atoms with van der Waals surface area (Å²) in [6.07, 6.45) is 5.51. The molecule has 20 heavy (non-hydrogen) atoms. The number of benzene rings is 1. The highest BCUT2D eigenvalue weighted by Crippen LogP contribution is 2.18. The van der Waals surface area contributed by atoms with E-state index >= 15 is 0 Å². The first-order valence-electron chi connectivity index (χ1n) is 6.10. The van der Waals surface area contributed by atoms with E-state index in [1.807, 2.05) is 25.1 Å². The number of hydrogen-bond acceptors (Lipinski definition) is 3. The van der Waals surface area contributed by atoms with E-state index in [9.17, 15) is 10.1 Å². The van der Waals surface area contributed by atoms with E-state index in [-0.39, 0.29) is 5.82 Å². The van der Waals surface area contributed by atoms with Crippen molar-refractivity contribution < 1.29 is 4.92 Å². The molecule has 0 aliphatic heterocycles. The summed E-state index contributed by atoms with van der Waals surface area (Å²) in [6, 6.07) is 7.30. The summed E-state index contributed by atoms with van der Waals surface area (Å²) in [4.78, 5) is 14.5. The molecular weight excluding hydrogens is 278 g/mol. The van der Waals surface area contributed by atoms with Crippen LogP contribution in [-0.2, 0) is 0 Å². The molecule has 1 aromatic carbocycles. The standard InChI is InChI=1S/C14H13ClN3O2/c1-2-9-17-13(16-10-14(17)18(19)20)8-5-11-3-6-12(15)7-4-11/h3-10H,2H2,1H3. The first-order valence-corrected chi connectivity index (χ1v) is 6.48. The Kier molecular flexibility index (Phi) is 4.53. The molecule has 0 aliphatic rings. The number of rotatable bonds is 5. The molecule has 0 N–H and O–H groups in total. The minimum atomic E-state index is -0.446. The Morgan fingerprint density at radius 1 is 1.35 bits per heavy atom. The maximum atomic E-state index is 10.9. The van der Waals surface area contributed by atoms with Gasteiger partial charge in [-0.2, -0.15) is 4.57 Å². The maximum absolute atomic E-state index is 10.9. The summed E-state index contributed by atoms with van der Waals surface area (Å²) in [7, 11) is 0. The molecule has 1 heterocycles. The zero-order valence-electron chi connectivity index (χ0n) is 10.9. The van der Waals surface area contributed by atoms with Gasteiger partial charge in [-0.15, -0.1) is 0 Å². The van der Waals surface area contributed by atoms with Gasteiger partial charge in [0, 0.05) is 11.1 Å². The Bertz CT molecular complexity index is 632. The molecule has 5 nitrogen and oxygen atoms in total. The van der Waals surface area contributed by atoms with Crippen LogP contribution < -0.4 is 0 Å². The van der Waals surface area contributed by atoms with Crippen molar-refractivity contribution in [2.45, 2.75) is 13.3 Å². The molecule has 2 rings (SSSR count). The van der Waals surface area contributed by atoms with Crippen LogP contribution in [0.3, 0.4) is 0 Å². The fourth-order valence-electron chi connectivity index (χ4n) is 1.74. The topological polar surface area (TPSA) is 61.0 Å². The van der Waals surface area contributed by atoms with E-state index in [0.29, 0.717) is 17.3 Å². The van der Waals surface area contributed by atoms with Gasteiger partial charge in [-0.1, -0.05) is 30.7 Å². The first kappa shape index (κ1) is 14.3. The van der Waals surface area contributed by atoms with E-state index in [1.165, 1.54) is 10.8 Å². The second-order valence-electron chi connectivity index (χ2n) is 4.08. The average molecular weight is 291 g/mol. The van der Waals surface area contributed by atoms with Crippen molar-refractivity contribution in [2.75, 3.05) is 0 Å². The molecule has 1 aromatic heterocycles. The monoisotopic (exact) mass is 290 g/mol. The molecule has 1 radical (unpaired) electrons. The molecule has 0 aliphatic carbocycles. The van der Waals surface area contributed by atoms with Crippen LogP contribution in [0.25, 0.3) is 12.2 Å². The van der Waals surface area contributed by atoms with E-state index in [1.54, 1.807) is 24.8 Å². The highest BCUT2D eigenvalue weighted by atomic mass is 35.5. The molecule has 6 heteroatoms. The smallest absolute Gasteiger partial charge is 0.343 e. The lowest BCUT2D eigenvalue weighted by Gasteiger charge is -1.99. The van der Waals surface area contributed by atoms with Gasteiger partial charge in [0.1, 0.15) is 12.7 Å². The number of imidazole rings is 1. The zero-order chi connectivity index (χ0) is 14.5. The number of nitro groups is 1. The second-order valence-corrected chi connectivity index (χ2v) is 4.51. The van der Waals surface area contributed by atoms with Crippen LogP contribution in [0.1, 0.15) is 24.7 Å². The Morgan fingerprint density at radius 3 is 2.65 bits per heavy atom. The molecule has 103 valence electrons. The summed E-state index contributed by atoms with van der Waals surface area (Å²) in [5.74, 6) is 0.483. The minimum absolute atomic E-state index is 0.0393. The lowest BCUT2D eigenvalue weighted by molar-refractivity contribution is -0.391. The summed E-state index contributed by atoms with van der Waals surface area (Å²) in [6.45, 7) is 3.64. The van der Waals surface area contributed by atoms with E-state index in [4.69, 9.17) is 11.6 Å². The van der Waals surface area contributed by atoms with Crippen molar-refractivity contribution in [1.29, 1.82) is 0 Å². The third-order valence-corrected chi connectivity index (χ3v) is 2.90. The van der Waals surface area contributed by atoms with Crippen molar-refractivity contribution in [3.63, 3.8) is 0 Å². The lowest BCUT2D eigenvalue weighted by atomic mass is 10.2. The number of aromatic nitrogens is 2. The fourth-order valence-corrected chi connectivity index (χ4v) is 1.86. The van der Waals surface area contributed by atoms with Gasteiger partial charge in [-0.3, -0.25) is 0 Å². The summed E-state index contributed by atoms with van der Waals surface area (Å²) >= 11 is 5.81. The molecule has 0 bridgehead atoms. The Morgan fingerprint density at radius 2 is 2.05 bits per heavy atom. The summed E-state index contributed by atoms with van der Waals surface area (Å²) < 4.78 is 1.48. The highest BCUT2D eigenvalue weighted by molar-refractivity contribution is 6.30. The largest absolute Gasteiger partial charge is 0.358 e. The van der Waals surface area contributed by atoms with E-state index in [2.05, 4.69) is 4.98 Å². The third kappa shape index (κ3) is 3.24. The zero-order valence-corrected chi connectivity index (χ0v) is 11.6. The van der Waals surface area contributed by atoms with Gasteiger partial charge in [0.15, 0.2) is 0 Å². The Labute approximate surface area is 121 Å². The van der Waals surface area contributed by atoms with Crippen LogP contribution in [0.5, 0.6) is 0 Å². The number of nitrogens with zero attached hydrogens (tertiary/aromatic N) is 3. The second kappa shape index (κ2) is 6.34. The van der Waals surface area contributed by atoms with Crippen molar-refractivity contribution in [3.8, 4) is 0 Å². The average Bonchev–Trinajstić information content (AvgIpc) is 2.82. The van der Waals surface area contributed by atoms with Crippen LogP contribution in [-0.4, -0.2) is 14.5 Å². The molecule has 0 saturated heterocycles. The van der Waals surface area contributed by atoms with E-state index in [0.717, 1.165) is 5.56 Å². The van der Waals surface area contributed by atoms with Crippen molar-refractivity contribution >= 4 is 29.6 Å². The quantitative estimate of drug-likeness (QED) is 0.617. The first-order chi connectivity index (χ1) is 9.61. The molecule has 0 spiro atoms. The Hall–Kier alpha value is -2.14. The van der Waals surface area contributed by atoms with Gasteiger partial charge in [-0.25, -0.2) is 4.98 Å². The molecular formula is C14H13ClN3O2. The minimum Gasteiger partial charge on any atom is -0.358 e. The fraction of sp³-hybridized carbons (Fsp3) is 0.143. The SMILES string of the molecule is CC[CH]n1c([N+](=O)[O-])cnc1C=Cc1ccc(Cl)cc1. The van der Waals surface area contributed by atoms with Gasteiger partial charge in [-0.05, 0) is 35.1 Å². The predicted octanol–water partition coefficient (Wildman–Crippen LogP) is 4.03. The Balaban J connectivity index is 2.28. The van der Waals surface area contributed by atoms with Crippen LogP contribution in [0.2, 0.25) is 5.02 Å². The van der Waals surface area contributed by atoms with E-state index < -0.39 is 4.92 Å². The number of halogens is 1. The van der Waals surface area contributed by atoms with Crippen molar-refractivity contribution in [2.24, 2.45) is 0 Å². The maximum Gasteiger partial charge on any atom is 0.343 e. The van der Waals surface area contributed by atoms with Gasteiger partial charge in [0.2, 0.25) is 5.82 Å². The van der Waals surface area contributed by atoms with Crippen molar-refractivity contribution in [1.82, 2.24) is 9.55 Å². The van der Waals surface area contributed by atoms with Crippen molar-refractivity contribution in [3.05, 3.63) is 63.5 Å². The predicted molar refractivity (Wildman–Crippen MR) is 79.3 cm³/mol. The third-order valence-electron chi connectivity index (χ3n) is 2.65. The van der Waals surface area contributed by atoms with Gasteiger partial charge < -0.3 is 10.1 Å². The molecule has 0 fully saturated rings. The molecule has 2 aromatic rings. The van der Waals surface area contributed by atoms with Gasteiger partial charge in [0.05, 0.1) is 0 Å². The molecule has 0 unspecified atom stereocenters. The molecule has 0 saturated carbocycles. The van der Waals surface area contributed by atoms with Crippen LogP contribution >= 0.6 is 11.6 Å². The lowest BCUT2D eigenvalue weighted by Crippen LogP contribution is -2.02. The van der Waals surface area contributed by atoms with Crippen LogP contribution in [0.4, 0.5) is 5.82 Å². The highest BCUT2D eigenvalue weighted by Gasteiger charge is 2.17. The van der Waals surface area contributed by atoms with Crippen LogP contribution in [0, 0.1) is 16.7 Å². The summed E-state index contributed by atoms with van der Waals surface area (Å²) in [5, 5.41) is 11.6. The van der Waals surface area contributed by atoms with Gasteiger partial charge in [0.25, 0.3) is 0 Å². The molecule has 0 atom stereocenters. The van der Waals surface area contributed by atoms with Gasteiger partial charge >= 0.3 is 5.82 Å². The summed E-state index contributed by atoms with van der Waals surface area (Å²) in [5.41, 5.74) is 0.947. The number of hydrogen-bond donors (Lipinski definition) is 0. The normalized spacial score (nSPS) is 11.1. The molecule has 0 amide bonds.